The molecule has 0 saturated carbocycles. The molecule has 178 valence electrons. The monoisotopic (exact) mass is 461 g/mol. The average molecular weight is 462 g/mol. The maximum Gasteiger partial charge on any atom is 0.274 e. The highest BCUT2D eigenvalue weighted by Crippen LogP contribution is 2.16. The van der Waals surface area contributed by atoms with Crippen LogP contribution in [0.4, 0.5) is 5.69 Å². The minimum absolute atomic E-state index is 0.102. The number of unbranched alkanes of at least 4 members (excludes halogenated alkanes) is 2. The van der Waals surface area contributed by atoms with Gasteiger partial charge in [-0.25, -0.2) is 4.68 Å². The number of amides is 2. The lowest BCUT2D eigenvalue weighted by atomic mass is 10.1. The highest BCUT2D eigenvalue weighted by molar-refractivity contribution is 6.05. The van der Waals surface area contributed by atoms with E-state index < -0.39 is 5.91 Å². The number of carbonyl (C=O) groups excluding carboxylic acids is 2. The number of nitrogens with zero attached hydrogens (tertiary/aromatic N) is 4. The van der Waals surface area contributed by atoms with E-state index in [1.807, 2.05) is 18.2 Å². The Hall–Kier alpha value is -3.68. The van der Waals surface area contributed by atoms with Crippen LogP contribution >= 0.6 is 0 Å². The third-order valence-electron chi connectivity index (χ3n) is 6.21. The minimum Gasteiger partial charge on any atom is -0.368 e. The zero-order valence-electron chi connectivity index (χ0n) is 19.6. The van der Waals surface area contributed by atoms with E-state index in [1.165, 1.54) is 4.68 Å². The molecular formula is C26H31N5O3. The van der Waals surface area contributed by atoms with E-state index in [0.29, 0.717) is 30.4 Å². The Morgan fingerprint density at radius 1 is 0.912 bits per heavy atom. The standard InChI is InChI=1S/C26H31N5O3/c1-2-3-9-14-31-26(34)22-13-8-7-12-21(22)24(28-31)25(33)27-19-23(32)30-17-15-29(16-18-30)20-10-5-4-6-11-20/h4-8,10-13H,2-3,9,14-19H2,1H3,(H,27,33). The highest BCUT2D eigenvalue weighted by atomic mass is 16.2. The summed E-state index contributed by atoms with van der Waals surface area (Å²) >= 11 is 0. The third kappa shape index (κ3) is 5.27. The van der Waals surface area contributed by atoms with Crippen LogP contribution in [0.3, 0.4) is 0 Å². The Kier molecular flexibility index (Phi) is 7.57. The molecule has 1 N–H and O–H groups in total. The second-order valence-corrected chi connectivity index (χ2v) is 8.52. The summed E-state index contributed by atoms with van der Waals surface area (Å²) in [5.41, 5.74) is 1.12. The van der Waals surface area contributed by atoms with E-state index in [2.05, 4.69) is 34.4 Å². The quantitative estimate of drug-likeness (QED) is 0.521. The van der Waals surface area contributed by atoms with Gasteiger partial charge in [-0.15, -0.1) is 0 Å². The van der Waals surface area contributed by atoms with Gasteiger partial charge in [0.15, 0.2) is 5.69 Å². The van der Waals surface area contributed by atoms with Crippen LogP contribution in [0, 0.1) is 0 Å². The average Bonchev–Trinajstić information content (AvgIpc) is 2.89. The largest absolute Gasteiger partial charge is 0.368 e. The third-order valence-corrected chi connectivity index (χ3v) is 6.21. The van der Waals surface area contributed by atoms with Crippen LogP contribution in [0.5, 0.6) is 0 Å². The van der Waals surface area contributed by atoms with Crippen LogP contribution in [-0.4, -0.2) is 59.2 Å². The van der Waals surface area contributed by atoms with Crippen molar-refractivity contribution in [2.75, 3.05) is 37.6 Å². The van der Waals surface area contributed by atoms with Gasteiger partial charge in [0.1, 0.15) is 0 Å². The molecule has 1 fully saturated rings. The first-order valence-electron chi connectivity index (χ1n) is 11.9. The van der Waals surface area contributed by atoms with Crippen molar-refractivity contribution in [2.45, 2.75) is 32.7 Å². The van der Waals surface area contributed by atoms with Gasteiger partial charge in [-0.3, -0.25) is 14.4 Å². The second kappa shape index (κ2) is 11.0. The first-order valence-corrected chi connectivity index (χ1v) is 11.9. The van der Waals surface area contributed by atoms with Crippen molar-refractivity contribution in [3.63, 3.8) is 0 Å². The van der Waals surface area contributed by atoms with Gasteiger partial charge < -0.3 is 15.1 Å². The van der Waals surface area contributed by atoms with Crippen molar-refractivity contribution in [3.8, 4) is 0 Å². The number of hydrogen-bond donors (Lipinski definition) is 1. The van der Waals surface area contributed by atoms with Crippen molar-refractivity contribution in [1.82, 2.24) is 20.0 Å². The number of aromatic nitrogens is 2. The van der Waals surface area contributed by atoms with Crippen molar-refractivity contribution in [1.29, 1.82) is 0 Å². The van der Waals surface area contributed by atoms with E-state index in [9.17, 15) is 14.4 Å². The van der Waals surface area contributed by atoms with E-state index in [0.717, 1.165) is 38.0 Å². The molecule has 0 bridgehead atoms. The van der Waals surface area contributed by atoms with Gasteiger partial charge in [-0.2, -0.15) is 5.10 Å². The van der Waals surface area contributed by atoms with Gasteiger partial charge in [0, 0.05) is 43.8 Å². The van der Waals surface area contributed by atoms with E-state index in [-0.39, 0.29) is 23.7 Å². The maximum atomic E-state index is 13.0. The lowest BCUT2D eigenvalue weighted by Crippen LogP contribution is -2.51. The molecule has 3 aromatic rings. The minimum atomic E-state index is -0.447. The number of carbonyl (C=O) groups is 2. The van der Waals surface area contributed by atoms with E-state index in [4.69, 9.17) is 0 Å². The summed E-state index contributed by atoms with van der Waals surface area (Å²) in [4.78, 5) is 42.6. The number of nitrogens with one attached hydrogen (secondary N) is 1. The molecule has 1 aliphatic rings. The first kappa shape index (κ1) is 23.5. The Labute approximate surface area is 199 Å². The lowest BCUT2D eigenvalue weighted by molar-refractivity contribution is -0.130. The molecule has 1 aromatic heterocycles. The Balaban J connectivity index is 1.40. The molecule has 0 radical (unpaired) electrons. The molecule has 1 saturated heterocycles. The van der Waals surface area contributed by atoms with Gasteiger partial charge in [-0.1, -0.05) is 56.2 Å². The predicted octanol–water partition coefficient (Wildman–Crippen LogP) is 2.67. The zero-order valence-corrected chi connectivity index (χ0v) is 19.6. The SMILES string of the molecule is CCCCCn1nc(C(=O)NCC(=O)N2CCN(c3ccccc3)CC2)c2ccccc2c1=O. The summed E-state index contributed by atoms with van der Waals surface area (Å²) < 4.78 is 1.37. The first-order chi connectivity index (χ1) is 16.6. The van der Waals surface area contributed by atoms with Crippen LogP contribution in [0.1, 0.15) is 36.7 Å². The van der Waals surface area contributed by atoms with Crippen molar-refractivity contribution in [3.05, 3.63) is 70.6 Å². The molecule has 8 heteroatoms. The topological polar surface area (TPSA) is 87.5 Å². The Morgan fingerprint density at radius 2 is 1.59 bits per heavy atom. The number of hydrogen-bond acceptors (Lipinski definition) is 5. The number of anilines is 1. The van der Waals surface area contributed by atoms with E-state index >= 15 is 0 Å². The highest BCUT2D eigenvalue weighted by Gasteiger charge is 2.23. The molecule has 2 heterocycles. The summed E-state index contributed by atoms with van der Waals surface area (Å²) in [6.45, 7) is 5.16. The maximum absolute atomic E-state index is 13.0. The van der Waals surface area contributed by atoms with E-state index in [1.54, 1.807) is 29.2 Å². The number of fused-ring (bicyclic) bond motifs is 1. The normalized spacial score (nSPS) is 13.8. The molecule has 1 aliphatic heterocycles. The summed E-state index contributed by atoms with van der Waals surface area (Å²) in [7, 11) is 0. The fourth-order valence-corrected chi connectivity index (χ4v) is 4.27. The molecular weight excluding hydrogens is 430 g/mol. The summed E-state index contributed by atoms with van der Waals surface area (Å²) in [6, 6.07) is 17.1. The second-order valence-electron chi connectivity index (χ2n) is 8.52. The van der Waals surface area contributed by atoms with Crippen molar-refractivity contribution >= 4 is 28.3 Å². The molecule has 8 nitrogen and oxygen atoms in total. The molecule has 34 heavy (non-hydrogen) atoms. The number of aryl methyl sites for hydroxylation is 1. The smallest absolute Gasteiger partial charge is 0.274 e. The van der Waals surface area contributed by atoms with Crippen LogP contribution in [-0.2, 0) is 11.3 Å². The number of benzene rings is 2. The number of rotatable bonds is 8. The van der Waals surface area contributed by atoms with Gasteiger partial charge >= 0.3 is 0 Å². The molecule has 4 rings (SSSR count). The molecule has 0 aliphatic carbocycles. The fourth-order valence-electron chi connectivity index (χ4n) is 4.27. The predicted molar refractivity (Wildman–Crippen MR) is 133 cm³/mol. The number of para-hydroxylation sites is 1. The summed E-state index contributed by atoms with van der Waals surface area (Å²) in [6.07, 6.45) is 2.82. The number of piperazine rings is 1. The molecule has 0 spiro atoms. The van der Waals surface area contributed by atoms with Gasteiger partial charge in [0.25, 0.3) is 11.5 Å². The lowest BCUT2D eigenvalue weighted by Gasteiger charge is -2.36. The van der Waals surface area contributed by atoms with Gasteiger partial charge in [0.2, 0.25) is 5.91 Å². The van der Waals surface area contributed by atoms with Crippen LogP contribution in [0.15, 0.2) is 59.4 Å². The Bertz CT molecular complexity index is 1200. The summed E-state index contributed by atoms with van der Waals surface area (Å²) in [5.74, 6) is -0.571. The van der Waals surface area contributed by atoms with Gasteiger partial charge in [-0.05, 0) is 24.6 Å². The van der Waals surface area contributed by atoms with Gasteiger partial charge in [0.05, 0.1) is 11.9 Å². The molecule has 2 aromatic carbocycles. The zero-order chi connectivity index (χ0) is 23.9. The van der Waals surface area contributed by atoms with Crippen molar-refractivity contribution < 1.29 is 9.59 Å². The van der Waals surface area contributed by atoms with Crippen LogP contribution in [0.2, 0.25) is 0 Å². The fraction of sp³-hybridized carbons (Fsp3) is 0.385. The molecule has 0 unspecified atom stereocenters. The van der Waals surface area contributed by atoms with Crippen LogP contribution < -0.4 is 15.8 Å². The van der Waals surface area contributed by atoms with Crippen LogP contribution in [0.25, 0.3) is 10.8 Å². The molecule has 2 amide bonds. The molecule has 0 atom stereocenters. The Morgan fingerprint density at radius 3 is 2.29 bits per heavy atom. The summed E-state index contributed by atoms with van der Waals surface area (Å²) in [5, 5.41) is 8.05. The van der Waals surface area contributed by atoms with Crippen molar-refractivity contribution in [2.24, 2.45) is 0 Å².